The maximum absolute atomic E-state index is 12.3. The van der Waals surface area contributed by atoms with Crippen LogP contribution in [0.25, 0.3) is 0 Å². The molecule has 21 heavy (non-hydrogen) atoms. The molecule has 1 amide bonds. The second-order valence-electron chi connectivity index (χ2n) is 4.13. The Kier molecular flexibility index (Phi) is 6.67. The largest absolute Gasteiger partial charge is 0.496 e. The third kappa shape index (κ3) is 4.73. The predicted octanol–water partition coefficient (Wildman–Crippen LogP) is 1.99. The number of ether oxygens (including phenoxy) is 1. The first-order valence-corrected chi connectivity index (χ1v) is 7.21. The van der Waals surface area contributed by atoms with E-state index in [1.807, 2.05) is 13.8 Å². The number of carbonyl (C=O) groups excluding carboxylic acids is 1. The summed E-state index contributed by atoms with van der Waals surface area (Å²) in [6.07, 6.45) is 0. The van der Waals surface area contributed by atoms with Crippen LogP contribution in [-0.2, 0) is 0 Å². The normalized spacial score (nSPS) is 10.3. The van der Waals surface area contributed by atoms with Crippen LogP contribution in [0.3, 0.4) is 0 Å². The van der Waals surface area contributed by atoms with Gasteiger partial charge in [-0.2, -0.15) is 0 Å². The fourth-order valence-electron chi connectivity index (χ4n) is 1.71. The third-order valence-corrected chi connectivity index (χ3v) is 3.23. The molecule has 6 nitrogen and oxygen atoms in total. The zero-order chi connectivity index (χ0) is 16.0. The van der Waals surface area contributed by atoms with Crippen LogP contribution in [-0.4, -0.2) is 36.2 Å². The smallest absolute Gasteiger partial charge is 0.269 e. The molecule has 0 aliphatic carbocycles. The van der Waals surface area contributed by atoms with Crippen LogP contribution in [0.1, 0.15) is 24.2 Å². The molecule has 116 valence electrons. The van der Waals surface area contributed by atoms with Crippen molar-refractivity contribution < 1.29 is 9.53 Å². The number of thiocarbonyl (C=S) groups is 1. The molecule has 1 rings (SSSR count). The molecule has 0 aliphatic heterocycles. The van der Waals surface area contributed by atoms with Gasteiger partial charge in [-0.15, -0.1) is 0 Å². The highest BCUT2D eigenvalue weighted by atomic mass is 35.5. The summed E-state index contributed by atoms with van der Waals surface area (Å²) in [6, 6.07) is 3.10. The van der Waals surface area contributed by atoms with E-state index in [4.69, 9.17) is 34.3 Å². The molecule has 0 saturated carbocycles. The molecular weight excluding hydrogens is 312 g/mol. The van der Waals surface area contributed by atoms with Crippen molar-refractivity contribution in [1.29, 1.82) is 0 Å². The van der Waals surface area contributed by atoms with Crippen LogP contribution in [0, 0.1) is 0 Å². The Morgan fingerprint density at radius 3 is 2.52 bits per heavy atom. The molecule has 0 heterocycles. The molecule has 1 aromatic carbocycles. The fraction of sp³-hybridized carbons (Fsp3) is 0.385. The fourth-order valence-corrected chi connectivity index (χ4v) is 2.03. The van der Waals surface area contributed by atoms with Crippen LogP contribution < -0.4 is 21.2 Å². The lowest BCUT2D eigenvalue weighted by Gasteiger charge is -2.20. The first kappa shape index (κ1) is 17.5. The molecule has 0 fully saturated rings. The minimum atomic E-state index is -0.292. The van der Waals surface area contributed by atoms with Crippen molar-refractivity contribution in [2.45, 2.75) is 13.8 Å². The molecule has 0 unspecified atom stereocenters. The monoisotopic (exact) mass is 330 g/mol. The molecule has 0 spiro atoms. The second kappa shape index (κ2) is 8.02. The number of rotatable bonds is 6. The maximum Gasteiger partial charge on any atom is 0.269 e. The summed E-state index contributed by atoms with van der Waals surface area (Å²) in [5.74, 6) is 0.0853. The van der Waals surface area contributed by atoms with Crippen molar-refractivity contribution in [3.8, 4) is 5.75 Å². The van der Waals surface area contributed by atoms with Gasteiger partial charge in [-0.25, -0.2) is 5.01 Å². The number of methoxy groups -OCH3 is 1. The molecular formula is C13H19ClN4O2S. The first-order chi connectivity index (χ1) is 9.92. The average molecular weight is 331 g/mol. The number of hydrogen-bond acceptors (Lipinski definition) is 4. The van der Waals surface area contributed by atoms with E-state index in [1.54, 1.807) is 11.1 Å². The topological polar surface area (TPSA) is 79.6 Å². The van der Waals surface area contributed by atoms with Crippen molar-refractivity contribution in [2.75, 3.05) is 25.5 Å². The number of amides is 1. The number of nitrogens with zero attached hydrogens (tertiary/aromatic N) is 1. The van der Waals surface area contributed by atoms with Gasteiger partial charge in [0.25, 0.3) is 5.91 Å². The molecule has 8 heteroatoms. The van der Waals surface area contributed by atoms with Gasteiger partial charge in [0.1, 0.15) is 5.75 Å². The maximum atomic E-state index is 12.3. The van der Waals surface area contributed by atoms with Gasteiger partial charge >= 0.3 is 0 Å². The lowest BCUT2D eigenvalue weighted by molar-refractivity contribution is 0.0802. The Bertz CT molecular complexity index is 535. The summed E-state index contributed by atoms with van der Waals surface area (Å²) in [5.41, 5.74) is 9.02. The van der Waals surface area contributed by atoms with Crippen LogP contribution in [0.5, 0.6) is 5.75 Å². The predicted molar refractivity (Wildman–Crippen MR) is 88.8 cm³/mol. The van der Waals surface area contributed by atoms with Crippen molar-refractivity contribution in [3.05, 3.63) is 22.7 Å². The van der Waals surface area contributed by atoms with Crippen molar-refractivity contribution in [2.24, 2.45) is 5.73 Å². The van der Waals surface area contributed by atoms with E-state index < -0.39 is 0 Å². The van der Waals surface area contributed by atoms with Gasteiger partial charge in [-0.1, -0.05) is 25.4 Å². The standard InChI is InChI=1S/C13H19ClN4O2S/c1-4-18(5-2)17-12(19)8-6-9(14)10(16-13(15)21)7-11(8)20-3/h6-7H,4-5H2,1-3H3,(H,17,19)(H3,15,16,21). The summed E-state index contributed by atoms with van der Waals surface area (Å²) in [4.78, 5) is 12.3. The first-order valence-electron chi connectivity index (χ1n) is 6.42. The van der Waals surface area contributed by atoms with Gasteiger partial charge in [-0.3, -0.25) is 10.2 Å². The van der Waals surface area contributed by atoms with Gasteiger partial charge in [0.2, 0.25) is 0 Å². The highest BCUT2D eigenvalue weighted by Gasteiger charge is 2.17. The second-order valence-corrected chi connectivity index (χ2v) is 4.98. The van der Waals surface area contributed by atoms with E-state index in [0.29, 0.717) is 35.1 Å². The molecule has 0 radical (unpaired) electrons. The summed E-state index contributed by atoms with van der Waals surface area (Å²) < 4.78 is 5.23. The van der Waals surface area contributed by atoms with E-state index in [1.165, 1.54) is 13.2 Å². The highest BCUT2D eigenvalue weighted by molar-refractivity contribution is 7.80. The molecule has 0 saturated heterocycles. The van der Waals surface area contributed by atoms with Crippen molar-refractivity contribution in [1.82, 2.24) is 10.4 Å². The van der Waals surface area contributed by atoms with E-state index >= 15 is 0 Å². The van der Waals surface area contributed by atoms with Gasteiger partial charge in [0.05, 0.1) is 23.4 Å². The minimum Gasteiger partial charge on any atom is -0.496 e. The Morgan fingerprint density at radius 2 is 2.05 bits per heavy atom. The van der Waals surface area contributed by atoms with Crippen LogP contribution in [0.4, 0.5) is 5.69 Å². The number of hydrogen-bond donors (Lipinski definition) is 3. The zero-order valence-electron chi connectivity index (χ0n) is 12.2. The Morgan fingerprint density at radius 1 is 1.43 bits per heavy atom. The molecule has 0 aliphatic rings. The van der Waals surface area contributed by atoms with Gasteiger partial charge in [0, 0.05) is 19.2 Å². The Labute approximate surface area is 134 Å². The lowest BCUT2D eigenvalue weighted by atomic mass is 10.1. The Hall–Kier alpha value is -1.57. The van der Waals surface area contributed by atoms with E-state index in [9.17, 15) is 4.79 Å². The number of nitrogens with two attached hydrogens (primary N) is 1. The summed E-state index contributed by atoms with van der Waals surface area (Å²) in [7, 11) is 1.47. The molecule has 1 aromatic rings. The third-order valence-electron chi connectivity index (χ3n) is 2.81. The molecule has 4 N–H and O–H groups in total. The number of nitrogens with one attached hydrogen (secondary N) is 2. The van der Waals surface area contributed by atoms with Crippen molar-refractivity contribution in [3.63, 3.8) is 0 Å². The number of halogens is 1. The number of carbonyl (C=O) groups is 1. The highest BCUT2D eigenvalue weighted by Crippen LogP contribution is 2.31. The zero-order valence-corrected chi connectivity index (χ0v) is 13.8. The SMILES string of the molecule is CCN(CC)NC(=O)c1cc(Cl)c(NC(N)=S)cc1OC. The van der Waals surface area contributed by atoms with Crippen molar-refractivity contribution >= 4 is 40.5 Å². The molecule has 0 bridgehead atoms. The van der Waals surface area contributed by atoms with Crippen LogP contribution in [0.2, 0.25) is 5.02 Å². The molecule has 0 atom stereocenters. The van der Waals surface area contributed by atoms with Crippen LogP contribution >= 0.6 is 23.8 Å². The van der Waals surface area contributed by atoms with Gasteiger partial charge < -0.3 is 15.8 Å². The van der Waals surface area contributed by atoms with Gasteiger partial charge in [0.15, 0.2) is 5.11 Å². The Balaban J connectivity index is 3.09. The van der Waals surface area contributed by atoms with Crippen LogP contribution in [0.15, 0.2) is 12.1 Å². The van der Waals surface area contributed by atoms with Gasteiger partial charge in [-0.05, 0) is 18.3 Å². The lowest BCUT2D eigenvalue weighted by Crippen LogP contribution is -2.42. The number of hydrazine groups is 1. The van der Waals surface area contributed by atoms with E-state index in [2.05, 4.69) is 10.7 Å². The summed E-state index contributed by atoms with van der Waals surface area (Å²) >= 11 is 10.9. The number of benzene rings is 1. The summed E-state index contributed by atoms with van der Waals surface area (Å²) in [6.45, 7) is 5.28. The minimum absolute atomic E-state index is 0.0827. The number of anilines is 1. The quantitative estimate of drug-likeness (QED) is 0.547. The summed E-state index contributed by atoms with van der Waals surface area (Å²) in [5, 5.41) is 4.92. The van der Waals surface area contributed by atoms with E-state index in [-0.39, 0.29) is 11.0 Å². The average Bonchev–Trinajstić information content (AvgIpc) is 2.45. The van der Waals surface area contributed by atoms with E-state index in [0.717, 1.165) is 0 Å². The molecule has 0 aromatic heterocycles.